The first-order valence-electron chi connectivity index (χ1n) is 6.43. The Hall–Kier alpha value is -1.32. The zero-order chi connectivity index (χ0) is 13.9. The molecular weight excluding hydrogens is 258 g/mol. The topological polar surface area (TPSA) is 29.9 Å². The van der Waals surface area contributed by atoms with Crippen LogP contribution in [0.3, 0.4) is 0 Å². The molecule has 1 aromatic heterocycles. The van der Waals surface area contributed by atoms with E-state index in [2.05, 4.69) is 35.6 Å². The predicted octanol–water partition coefficient (Wildman–Crippen LogP) is 3.47. The van der Waals surface area contributed by atoms with Crippen LogP contribution in [0.1, 0.15) is 32.0 Å². The van der Waals surface area contributed by atoms with Crippen molar-refractivity contribution in [2.75, 3.05) is 0 Å². The highest BCUT2D eigenvalue weighted by Gasteiger charge is 2.11. The maximum absolute atomic E-state index is 6.19. The van der Waals surface area contributed by atoms with Crippen molar-refractivity contribution in [1.29, 1.82) is 0 Å². The molecule has 0 aliphatic carbocycles. The average molecular weight is 278 g/mol. The number of hydrogen-bond donors (Lipinski definition) is 1. The van der Waals surface area contributed by atoms with Gasteiger partial charge in [-0.25, -0.2) is 4.98 Å². The van der Waals surface area contributed by atoms with E-state index < -0.39 is 0 Å². The van der Waals surface area contributed by atoms with Crippen molar-refractivity contribution in [3.63, 3.8) is 0 Å². The molecule has 0 atom stereocenters. The maximum atomic E-state index is 6.19. The highest BCUT2D eigenvalue weighted by Crippen LogP contribution is 2.17. The van der Waals surface area contributed by atoms with E-state index in [0.29, 0.717) is 0 Å². The van der Waals surface area contributed by atoms with Crippen LogP contribution in [-0.4, -0.2) is 15.1 Å². The molecule has 2 rings (SSSR count). The zero-order valence-electron chi connectivity index (χ0n) is 11.7. The van der Waals surface area contributed by atoms with Crippen molar-refractivity contribution < 1.29 is 0 Å². The van der Waals surface area contributed by atoms with Crippen LogP contribution in [0.4, 0.5) is 0 Å². The lowest BCUT2D eigenvalue weighted by molar-refractivity contribution is 0.417. The van der Waals surface area contributed by atoms with Gasteiger partial charge in [-0.2, -0.15) is 0 Å². The van der Waals surface area contributed by atoms with Crippen LogP contribution < -0.4 is 5.32 Å². The van der Waals surface area contributed by atoms with Crippen molar-refractivity contribution in [2.45, 2.75) is 39.4 Å². The second-order valence-corrected chi connectivity index (χ2v) is 6.12. The highest BCUT2D eigenvalue weighted by molar-refractivity contribution is 6.31. The largest absolute Gasteiger partial charge is 0.329 e. The van der Waals surface area contributed by atoms with Gasteiger partial charge in [-0.05, 0) is 32.4 Å². The quantitative estimate of drug-likeness (QED) is 0.927. The van der Waals surface area contributed by atoms with Crippen LogP contribution in [0.15, 0.2) is 36.8 Å². The van der Waals surface area contributed by atoms with Crippen molar-refractivity contribution in [3.8, 4) is 0 Å². The van der Waals surface area contributed by atoms with Crippen molar-refractivity contribution >= 4 is 11.6 Å². The van der Waals surface area contributed by atoms with Crippen LogP contribution in [-0.2, 0) is 13.1 Å². The van der Waals surface area contributed by atoms with Gasteiger partial charge in [-0.15, -0.1) is 0 Å². The molecule has 1 heterocycles. The molecule has 0 saturated carbocycles. The van der Waals surface area contributed by atoms with Crippen LogP contribution >= 0.6 is 11.6 Å². The van der Waals surface area contributed by atoms with Crippen LogP contribution in [0.25, 0.3) is 0 Å². The molecule has 0 radical (unpaired) electrons. The summed E-state index contributed by atoms with van der Waals surface area (Å²) in [6.07, 6.45) is 3.75. The van der Waals surface area contributed by atoms with Crippen molar-refractivity contribution in [1.82, 2.24) is 14.9 Å². The second kappa shape index (κ2) is 5.76. The summed E-state index contributed by atoms with van der Waals surface area (Å²) >= 11 is 6.19. The number of nitrogens with one attached hydrogen (secondary N) is 1. The molecule has 1 N–H and O–H groups in total. The normalized spacial score (nSPS) is 11.8. The average Bonchev–Trinajstić information content (AvgIpc) is 2.76. The van der Waals surface area contributed by atoms with E-state index in [9.17, 15) is 0 Å². The lowest BCUT2D eigenvalue weighted by Gasteiger charge is -2.21. The minimum atomic E-state index is 0.0967. The van der Waals surface area contributed by atoms with Crippen LogP contribution in [0, 0.1) is 0 Å². The van der Waals surface area contributed by atoms with Gasteiger partial charge in [0.1, 0.15) is 0 Å². The Morgan fingerprint density at radius 1 is 1.26 bits per heavy atom. The Bertz CT molecular complexity index is 540. The van der Waals surface area contributed by atoms with Crippen molar-refractivity contribution in [2.24, 2.45) is 0 Å². The summed E-state index contributed by atoms with van der Waals surface area (Å²) in [5, 5.41) is 4.27. The molecule has 0 aliphatic rings. The number of halogens is 1. The molecule has 1 aromatic carbocycles. The van der Waals surface area contributed by atoms with Gasteiger partial charge in [0.05, 0.1) is 18.6 Å². The fourth-order valence-electron chi connectivity index (χ4n) is 1.80. The molecule has 0 bridgehead atoms. The number of benzene rings is 1. The molecule has 19 heavy (non-hydrogen) atoms. The number of rotatable bonds is 4. The Kier molecular flexibility index (Phi) is 4.27. The molecule has 102 valence electrons. The Balaban J connectivity index is 2.10. The van der Waals surface area contributed by atoms with E-state index in [-0.39, 0.29) is 5.54 Å². The maximum Gasteiger partial charge on any atom is 0.0951 e. The summed E-state index contributed by atoms with van der Waals surface area (Å²) in [5.74, 6) is 0. The lowest BCUT2D eigenvalue weighted by Crippen LogP contribution is -2.35. The van der Waals surface area contributed by atoms with Gasteiger partial charge in [0.15, 0.2) is 0 Å². The van der Waals surface area contributed by atoms with Crippen molar-refractivity contribution in [3.05, 3.63) is 53.1 Å². The summed E-state index contributed by atoms with van der Waals surface area (Å²) in [5.41, 5.74) is 2.37. The van der Waals surface area contributed by atoms with Gasteiger partial charge >= 0.3 is 0 Å². The fraction of sp³-hybridized carbons (Fsp3) is 0.400. The molecule has 0 unspecified atom stereocenters. The summed E-state index contributed by atoms with van der Waals surface area (Å²) in [7, 11) is 0. The lowest BCUT2D eigenvalue weighted by atomic mass is 10.1. The molecule has 3 nitrogen and oxygen atoms in total. The number of aromatic nitrogens is 2. The predicted molar refractivity (Wildman–Crippen MR) is 79.4 cm³/mol. The summed E-state index contributed by atoms with van der Waals surface area (Å²) in [4.78, 5) is 4.23. The smallest absolute Gasteiger partial charge is 0.0951 e. The van der Waals surface area contributed by atoms with E-state index in [1.165, 1.54) is 0 Å². The van der Waals surface area contributed by atoms with Crippen LogP contribution in [0.2, 0.25) is 5.02 Å². The van der Waals surface area contributed by atoms with Gasteiger partial charge in [-0.3, -0.25) is 0 Å². The Labute approximate surface area is 119 Å². The van der Waals surface area contributed by atoms with Gasteiger partial charge < -0.3 is 9.88 Å². The molecule has 0 fully saturated rings. The Morgan fingerprint density at radius 3 is 2.68 bits per heavy atom. The first kappa shape index (κ1) is 14.1. The summed E-state index contributed by atoms with van der Waals surface area (Å²) in [6.45, 7) is 8.01. The molecule has 2 aromatic rings. The monoisotopic (exact) mass is 277 g/mol. The summed E-state index contributed by atoms with van der Waals surface area (Å²) in [6, 6.07) is 7.91. The minimum absolute atomic E-state index is 0.0967. The van der Waals surface area contributed by atoms with Gasteiger partial charge in [-0.1, -0.05) is 29.8 Å². The molecule has 0 aliphatic heterocycles. The minimum Gasteiger partial charge on any atom is -0.329 e. The second-order valence-electron chi connectivity index (χ2n) is 5.71. The first-order chi connectivity index (χ1) is 8.96. The van der Waals surface area contributed by atoms with E-state index in [1.807, 2.05) is 36.8 Å². The van der Waals surface area contributed by atoms with E-state index in [0.717, 1.165) is 29.4 Å². The first-order valence-corrected chi connectivity index (χ1v) is 6.81. The summed E-state index contributed by atoms with van der Waals surface area (Å²) < 4.78 is 2.12. The zero-order valence-corrected chi connectivity index (χ0v) is 12.4. The number of hydrogen-bond acceptors (Lipinski definition) is 2. The van der Waals surface area contributed by atoms with Crippen LogP contribution in [0.5, 0.6) is 0 Å². The van der Waals surface area contributed by atoms with Gasteiger partial charge in [0, 0.05) is 23.3 Å². The molecule has 0 amide bonds. The van der Waals surface area contributed by atoms with E-state index >= 15 is 0 Å². The Morgan fingerprint density at radius 2 is 2.00 bits per heavy atom. The van der Waals surface area contributed by atoms with Gasteiger partial charge in [0.2, 0.25) is 0 Å². The molecule has 4 heteroatoms. The highest BCUT2D eigenvalue weighted by atomic mass is 35.5. The molecule has 0 spiro atoms. The molecule has 0 saturated heterocycles. The van der Waals surface area contributed by atoms with E-state index in [1.54, 1.807) is 0 Å². The number of nitrogens with zero attached hydrogens (tertiary/aromatic N) is 2. The fourth-order valence-corrected chi connectivity index (χ4v) is 2.00. The SMILES string of the molecule is CC(C)(C)NCc1cncn1Cc1ccccc1Cl. The van der Waals surface area contributed by atoms with Gasteiger partial charge in [0.25, 0.3) is 0 Å². The third-order valence-electron chi connectivity index (χ3n) is 2.90. The third kappa shape index (κ3) is 4.08. The van der Waals surface area contributed by atoms with E-state index in [4.69, 9.17) is 11.6 Å². The third-order valence-corrected chi connectivity index (χ3v) is 3.27. The number of imidazole rings is 1. The molecular formula is C15H20ClN3. The standard InChI is InChI=1S/C15H20ClN3/c1-15(2,3)18-9-13-8-17-11-19(13)10-12-6-4-5-7-14(12)16/h4-8,11,18H,9-10H2,1-3H3.